The number of nitrogens with one attached hydrogen (secondary N) is 2. The Morgan fingerprint density at radius 3 is 2.40 bits per heavy atom. The van der Waals surface area contributed by atoms with E-state index in [9.17, 15) is 18.4 Å². The Bertz CT molecular complexity index is 1170. The van der Waals surface area contributed by atoms with Gasteiger partial charge in [-0.15, -0.1) is 13.2 Å². The lowest BCUT2D eigenvalue weighted by atomic mass is 10.0. The molecular weight excluding hydrogens is 544 g/mol. The highest BCUT2D eigenvalue weighted by atomic mass is 19.1. The molecule has 4 heterocycles. The first kappa shape index (κ1) is 33.7. The van der Waals surface area contributed by atoms with Gasteiger partial charge in [-0.2, -0.15) is 5.26 Å². The van der Waals surface area contributed by atoms with E-state index in [-0.39, 0.29) is 23.7 Å². The van der Waals surface area contributed by atoms with Gasteiger partial charge in [0.2, 0.25) is 6.41 Å². The molecule has 0 saturated carbocycles. The highest BCUT2D eigenvalue weighted by Gasteiger charge is 2.33. The molecule has 10 nitrogen and oxygen atoms in total. The number of nitriles is 1. The van der Waals surface area contributed by atoms with Crippen LogP contribution in [0.4, 0.5) is 19.3 Å². The van der Waals surface area contributed by atoms with Crippen LogP contribution in [0.1, 0.15) is 19.8 Å². The minimum atomic E-state index is -0.775. The van der Waals surface area contributed by atoms with Gasteiger partial charge in [0.15, 0.2) is 0 Å². The van der Waals surface area contributed by atoms with E-state index in [0.29, 0.717) is 24.6 Å². The van der Waals surface area contributed by atoms with Crippen LogP contribution in [0.3, 0.4) is 0 Å². The van der Waals surface area contributed by atoms with E-state index in [1.54, 1.807) is 17.0 Å². The number of anilines is 1. The Hall–Kier alpha value is -4.50. The zero-order chi connectivity index (χ0) is 30.9. The SMILES string of the molecule is C1CCNC1.C=C.C[C@@H]1CN(C=O)CC1C#N.N/C=C\NCC1CN(c2cc(F)c(-c3cccnc3)c(F)c2)C(=O)O1. The number of benzene rings is 1. The summed E-state index contributed by atoms with van der Waals surface area (Å²) in [5.41, 5.74) is 5.45. The molecule has 3 atom stereocenters. The number of carbonyl (C=O) groups excluding carboxylic acids is 2. The number of carbonyl (C=O) groups is 2. The van der Waals surface area contributed by atoms with Crippen molar-refractivity contribution in [1.82, 2.24) is 20.5 Å². The second-order valence-corrected chi connectivity index (χ2v) is 9.64. The summed E-state index contributed by atoms with van der Waals surface area (Å²) < 4.78 is 34.0. The predicted octanol–water partition coefficient (Wildman–Crippen LogP) is 3.78. The van der Waals surface area contributed by atoms with Gasteiger partial charge in [-0.25, -0.2) is 13.6 Å². The summed E-state index contributed by atoms with van der Waals surface area (Å²) >= 11 is 0. The minimum absolute atomic E-state index is 0.0465. The Morgan fingerprint density at radius 2 is 1.93 bits per heavy atom. The van der Waals surface area contributed by atoms with Gasteiger partial charge in [-0.3, -0.25) is 14.7 Å². The molecule has 2 unspecified atom stereocenters. The third-order valence-electron chi connectivity index (χ3n) is 6.64. The third kappa shape index (κ3) is 9.85. The molecule has 0 spiro atoms. The zero-order valence-corrected chi connectivity index (χ0v) is 23.8. The van der Waals surface area contributed by atoms with Crippen LogP contribution in [0.5, 0.6) is 0 Å². The van der Waals surface area contributed by atoms with Crippen LogP contribution in [0.2, 0.25) is 0 Å². The monoisotopic (exact) mass is 583 g/mol. The number of nitrogens with zero attached hydrogens (tertiary/aromatic N) is 4. The molecule has 12 heteroatoms. The summed E-state index contributed by atoms with van der Waals surface area (Å²) in [5.74, 6) is -1.16. The Kier molecular flexibility index (Phi) is 14.5. The highest BCUT2D eigenvalue weighted by molar-refractivity contribution is 5.90. The number of likely N-dealkylation sites (tertiary alicyclic amines) is 1. The topological polar surface area (TPSA) is 137 Å². The largest absolute Gasteiger partial charge is 0.442 e. The first-order valence-electron chi connectivity index (χ1n) is 13.6. The van der Waals surface area contributed by atoms with E-state index in [0.717, 1.165) is 25.1 Å². The lowest BCUT2D eigenvalue weighted by Crippen LogP contribution is -2.29. The van der Waals surface area contributed by atoms with E-state index in [1.807, 2.05) is 6.92 Å². The zero-order valence-electron chi connectivity index (χ0n) is 23.8. The number of hydrogen-bond donors (Lipinski definition) is 3. The fourth-order valence-electron chi connectivity index (χ4n) is 4.49. The van der Waals surface area contributed by atoms with Crippen LogP contribution < -0.4 is 21.3 Å². The molecule has 3 fully saturated rings. The lowest BCUT2D eigenvalue weighted by Gasteiger charge is -2.15. The van der Waals surface area contributed by atoms with Crippen LogP contribution in [0.25, 0.3) is 11.1 Å². The number of halogens is 2. The van der Waals surface area contributed by atoms with Crippen molar-refractivity contribution in [1.29, 1.82) is 5.26 Å². The van der Waals surface area contributed by atoms with E-state index >= 15 is 0 Å². The predicted molar refractivity (Wildman–Crippen MR) is 158 cm³/mol. The molecule has 5 rings (SSSR count). The van der Waals surface area contributed by atoms with Crippen molar-refractivity contribution in [2.45, 2.75) is 25.9 Å². The normalized spacial score (nSPS) is 20.7. The average molecular weight is 584 g/mol. The molecule has 226 valence electrons. The molecule has 1 aromatic heterocycles. The van der Waals surface area contributed by atoms with Gasteiger partial charge in [0, 0.05) is 43.4 Å². The molecule has 1 aromatic carbocycles. The molecule has 4 N–H and O–H groups in total. The molecule has 2 aromatic rings. The van der Waals surface area contributed by atoms with E-state index < -0.39 is 23.8 Å². The van der Waals surface area contributed by atoms with Crippen LogP contribution in [0, 0.1) is 34.8 Å². The van der Waals surface area contributed by atoms with Crippen LogP contribution in [0.15, 0.2) is 62.2 Å². The van der Waals surface area contributed by atoms with Gasteiger partial charge < -0.3 is 26.0 Å². The molecule has 42 heavy (non-hydrogen) atoms. The molecule has 0 bridgehead atoms. The quantitative estimate of drug-likeness (QED) is 0.345. The molecule has 2 amide bonds. The van der Waals surface area contributed by atoms with Gasteiger partial charge in [0.25, 0.3) is 0 Å². The van der Waals surface area contributed by atoms with Crippen molar-refractivity contribution in [3.8, 4) is 17.2 Å². The summed E-state index contributed by atoms with van der Waals surface area (Å²) in [7, 11) is 0. The summed E-state index contributed by atoms with van der Waals surface area (Å²) in [4.78, 5) is 28.9. The van der Waals surface area contributed by atoms with Crippen molar-refractivity contribution in [3.05, 3.63) is 73.9 Å². The average Bonchev–Trinajstić information content (AvgIpc) is 3.77. The van der Waals surface area contributed by atoms with Crippen molar-refractivity contribution < 1.29 is 23.1 Å². The molecule has 3 aliphatic heterocycles. The number of nitrogens with two attached hydrogens (primary N) is 1. The Balaban J connectivity index is 0.000000295. The van der Waals surface area contributed by atoms with E-state index in [2.05, 4.69) is 34.8 Å². The second kappa shape index (κ2) is 18.0. The molecule has 3 saturated heterocycles. The smallest absolute Gasteiger partial charge is 0.414 e. The van der Waals surface area contributed by atoms with Gasteiger partial charge in [0.05, 0.1) is 36.3 Å². The lowest BCUT2D eigenvalue weighted by molar-refractivity contribution is -0.117. The van der Waals surface area contributed by atoms with Crippen molar-refractivity contribution >= 4 is 18.2 Å². The van der Waals surface area contributed by atoms with E-state index in [1.165, 1.54) is 55.6 Å². The van der Waals surface area contributed by atoms with Gasteiger partial charge in [0.1, 0.15) is 17.7 Å². The van der Waals surface area contributed by atoms with Gasteiger partial charge in [-0.05, 0) is 50.0 Å². The first-order chi connectivity index (χ1) is 20.4. The maximum Gasteiger partial charge on any atom is 0.414 e. The van der Waals surface area contributed by atoms with Crippen molar-refractivity contribution in [3.63, 3.8) is 0 Å². The maximum atomic E-state index is 14.4. The van der Waals surface area contributed by atoms with Gasteiger partial charge >= 0.3 is 6.09 Å². The number of ether oxygens (including phenoxy) is 1. The van der Waals surface area contributed by atoms with Crippen molar-refractivity contribution in [2.75, 3.05) is 44.2 Å². The minimum Gasteiger partial charge on any atom is -0.442 e. The number of pyridine rings is 1. The maximum absolute atomic E-state index is 14.4. The first-order valence-corrected chi connectivity index (χ1v) is 13.6. The van der Waals surface area contributed by atoms with Gasteiger partial charge in [-0.1, -0.05) is 13.0 Å². The van der Waals surface area contributed by atoms with Crippen LogP contribution >= 0.6 is 0 Å². The number of rotatable bonds is 6. The number of hydrogen-bond acceptors (Lipinski definition) is 8. The molecule has 0 radical (unpaired) electrons. The summed E-state index contributed by atoms with van der Waals surface area (Å²) in [6, 6.07) is 7.56. The highest BCUT2D eigenvalue weighted by Crippen LogP contribution is 2.31. The van der Waals surface area contributed by atoms with Crippen LogP contribution in [-0.2, 0) is 9.53 Å². The summed E-state index contributed by atoms with van der Waals surface area (Å²) in [6.45, 7) is 12.4. The summed E-state index contributed by atoms with van der Waals surface area (Å²) in [5, 5.41) is 14.6. The fraction of sp³-hybridized carbons (Fsp3) is 0.400. The second-order valence-electron chi connectivity index (χ2n) is 9.64. The fourth-order valence-corrected chi connectivity index (χ4v) is 4.49. The third-order valence-corrected chi connectivity index (χ3v) is 6.64. The van der Waals surface area contributed by atoms with Crippen molar-refractivity contribution in [2.24, 2.45) is 17.6 Å². The molecule has 0 aliphatic carbocycles. The number of amides is 2. The van der Waals surface area contributed by atoms with Crippen LogP contribution in [-0.4, -0.2) is 67.8 Å². The standard InChI is InChI=1S/C17H16F2N4O2.C7H10N2O.C4H9N.C2H4/c18-14-6-12(7-15(19)16(14)11-2-1-4-21-8-11)23-10-13(25-17(23)24)9-22-5-3-20;1-6-3-9(5-10)4-7(6)2-8;1-2-4-5-3-1;1-2/h1-8,13,22H,9-10,20H2;5-7H,3-4H2,1H3;5H,1-4H2;1-2H2/b5-3-;;;/t;6-,7?;;/m.1../s1. The summed E-state index contributed by atoms with van der Waals surface area (Å²) in [6.07, 6.45) is 8.20. The Labute approximate surface area is 245 Å². The Morgan fingerprint density at radius 1 is 1.24 bits per heavy atom. The van der Waals surface area contributed by atoms with E-state index in [4.69, 9.17) is 15.7 Å². The number of cyclic esters (lactones) is 1. The molecular formula is C30H39F2N7O3. The number of aromatic nitrogens is 1. The molecule has 3 aliphatic rings.